The van der Waals surface area contributed by atoms with Crippen molar-refractivity contribution in [2.75, 3.05) is 32.4 Å². The molecule has 28 heavy (non-hydrogen) atoms. The number of benzene rings is 1. The Kier molecular flexibility index (Phi) is 4.85. The average Bonchev–Trinajstić information content (AvgIpc) is 3.02. The fourth-order valence-electron chi connectivity index (χ4n) is 4.60. The van der Waals surface area contributed by atoms with Crippen molar-refractivity contribution < 1.29 is 18.0 Å². The number of likely N-dealkylation sites (tertiary alicyclic amines) is 2. The van der Waals surface area contributed by atoms with Crippen LogP contribution >= 0.6 is 0 Å². The summed E-state index contributed by atoms with van der Waals surface area (Å²) < 4.78 is 23.5. The molecule has 1 N–H and O–H groups in total. The van der Waals surface area contributed by atoms with E-state index in [-0.39, 0.29) is 17.5 Å². The molecule has 3 fully saturated rings. The molecule has 0 saturated carbocycles. The van der Waals surface area contributed by atoms with Crippen molar-refractivity contribution in [2.24, 2.45) is 5.92 Å². The predicted octanol–water partition coefficient (Wildman–Crippen LogP) is 1.43. The van der Waals surface area contributed by atoms with Crippen molar-refractivity contribution in [3.63, 3.8) is 0 Å². The number of rotatable bonds is 3. The molecule has 1 spiro atoms. The minimum absolute atomic E-state index is 0.0734. The third-order valence-electron chi connectivity index (χ3n) is 6.23. The van der Waals surface area contributed by atoms with E-state index >= 15 is 0 Å². The number of urea groups is 1. The molecular weight excluding hydrogens is 378 g/mol. The smallest absolute Gasteiger partial charge is 0.320 e. The van der Waals surface area contributed by atoms with E-state index in [4.69, 9.17) is 0 Å². The van der Waals surface area contributed by atoms with Crippen LogP contribution in [0, 0.1) is 5.92 Å². The lowest BCUT2D eigenvalue weighted by Crippen LogP contribution is -2.70. The van der Waals surface area contributed by atoms with Crippen molar-refractivity contribution >= 4 is 21.8 Å². The number of hydrogen-bond donors (Lipinski definition) is 1. The van der Waals surface area contributed by atoms with Gasteiger partial charge in [0, 0.05) is 38.9 Å². The van der Waals surface area contributed by atoms with Gasteiger partial charge in [0.1, 0.15) is 0 Å². The van der Waals surface area contributed by atoms with Gasteiger partial charge in [0.25, 0.3) is 0 Å². The molecule has 0 radical (unpaired) electrons. The van der Waals surface area contributed by atoms with Crippen LogP contribution in [0.15, 0.2) is 29.2 Å². The first-order valence-corrected chi connectivity index (χ1v) is 11.8. The normalized spacial score (nSPS) is 22.2. The molecule has 0 aliphatic carbocycles. The summed E-state index contributed by atoms with van der Waals surface area (Å²) in [6.07, 6.45) is 5.30. The van der Waals surface area contributed by atoms with Crippen LogP contribution in [0.3, 0.4) is 0 Å². The molecule has 1 aromatic carbocycles. The van der Waals surface area contributed by atoms with Gasteiger partial charge in [-0.05, 0) is 49.3 Å². The zero-order valence-electron chi connectivity index (χ0n) is 16.2. The Morgan fingerprint density at radius 2 is 1.93 bits per heavy atom. The van der Waals surface area contributed by atoms with E-state index in [1.54, 1.807) is 18.2 Å². The van der Waals surface area contributed by atoms with Crippen molar-refractivity contribution in [1.29, 1.82) is 0 Å². The van der Waals surface area contributed by atoms with Crippen LogP contribution in [0.5, 0.6) is 0 Å². The van der Waals surface area contributed by atoms with E-state index in [1.807, 2.05) is 15.9 Å². The Hall–Kier alpha value is -2.09. The van der Waals surface area contributed by atoms with Crippen LogP contribution in [0.4, 0.5) is 4.79 Å². The topological polar surface area (TPSA) is 86.8 Å². The summed E-state index contributed by atoms with van der Waals surface area (Å²) in [6.45, 7) is 2.70. The van der Waals surface area contributed by atoms with Gasteiger partial charge in [0.05, 0.1) is 10.4 Å². The SMILES string of the molecule is CS(=O)(=O)c1cccc(CC2CCN(C(=O)N3CC4(CCC(=O)N4)C3)CC2)c1. The van der Waals surface area contributed by atoms with E-state index in [0.717, 1.165) is 44.3 Å². The third kappa shape index (κ3) is 3.87. The van der Waals surface area contributed by atoms with E-state index in [2.05, 4.69) is 5.32 Å². The van der Waals surface area contributed by atoms with E-state index in [9.17, 15) is 18.0 Å². The summed E-state index contributed by atoms with van der Waals surface area (Å²) in [5, 5.41) is 3.01. The second-order valence-corrected chi connectivity index (χ2v) is 10.5. The highest BCUT2D eigenvalue weighted by molar-refractivity contribution is 7.90. The van der Waals surface area contributed by atoms with Crippen molar-refractivity contribution in [3.05, 3.63) is 29.8 Å². The lowest BCUT2D eigenvalue weighted by Gasteiger charge is -2.49. The van der Waals surface area contributed by atoms with Gasteiger partial charge in [0.15, 0.2) is 9.84 Å². The summed E-state index contributed by atoms with van der Waals surface area (Å²) in [4.78, 5) is 28.2. The van der Waals surface area contributed by atoms with E-state index in [0.29, 0.717) is 30.3 Å². The Bertz CT molecular complexity index is 884. The summed E-state index contributed by atoms with van der Waals surface area (Å²) in [5.74, 6) is 0.545. The highest BCUT2D eigenvalue weighted by atomic mass is 32.2. The number of amides is 3. The summed E-state index contributed by atoms with van der Waals surface area (Å²) in [5.41, 5.74) is 0.866. The summed E-state index contributed by atoms with van der Waals surface area (Å²) in [6, 6.07) is 7.24. The van der Waals surface area contributed by atoms with Crippen LogP contribution in [0.2, 0.25) is 0 Å². The van der Waals surface area contributed by atoms with Crippen molar-refractivity contribution in [1.82, 2.24) is 15.1 Å². The van der Waals surface area contributed by atoms with Crippen LogP contribution < -0.4 is 5.32 Å². The van der Waals surface area contributed by atoms with Gasteiger partial charge in [-0.15, -0.1) is 0 Å². The number of nitrogens with one attached hydrogen (secondary N) is 1. The van der Waals surface area contributed by atoms with Gasteiger partial charge in [-0.25, -0.2) is 13.2 Å². The van der Waals surface area contributed by atoms with Gasteiger partial charge in [-0.3, -0.25) is 4.79 Å². The predicted molar refractivity (Wildman–Crippen MR) is 105 cm³/mol. The van der Waals surface area contributed by atoms with E-state index in [1.165, 1.54) is 6.26 Å². The summed E-state index contributed by atoms with van der Waals surface area (Å²) >= 11 is 0. The second-order valence-electron chi connectivity index (χ2n) is 8.52. The molecular formula is C20H27N3O4S. The maximum atomic E-state index is 12.7. The lowest BCUT2D eigenvalue weighted by atomic mass is 9.88. The van der Waals surface area contributed by atoms with Crippen LogP contribution in [-0.2, 0) is 21.1 Å². The third-order valence-corrected chi connectivity index (χ3v) is 7.34. The molecule has 3 heterocycles. The van der Waals surface area contributed by atoms with Crippen LogP contribution in [0.25, 0.3) is 0 Å². The number of carbonyl (C=O) groups is 2. The first-order chi connectivity index (χ1) is 13.2. The number of hydrogen-bond acceptors (Lipinski definition) is 4. The monoisotopic (exact) mass is 405 g/mol. The highest BCUT2D eigenvalue weighted by Crippen LogP contribution is 2.32. The minimum Gasteiger partial charge on any atom is -0.347 e. The molecule has 1 aromatic rings. The molecule has 3 aliphatic heterocycles. The maximum Gasteiger partial charge on any atom is 0.320 e. The Morgan fingerprint density at radius 3 is 2.54 bits per heavy atom. The van der Waals surface area contributed by atoms with Gasteiger partial charge in [-0.2, -0.15) is 0 Å². The second kappa shape index (κ2) is 7.06. The molecule has 0 unspecified atom stereocenters. The Morgan fingerprint density at radius 1 is 1.21 bits per heavy atom. The fourth-order valence-corrected chi connectivity index (χ4v) is 5.29. The van der Waals surface area contributed by atoms with Crippen molar-refractivity contribution in [3.8, 4) is 0 Å². The number of nitrogens with zero attached hydrogens (tertiary/aromatic N) is 2. The van der Waals surface area contributed by atoms with Gasteiger partial charge in [-0.1, -0.05) is 12.1 Å². The quantitative estimate of drug-likeness (QED) is 0.824. The van der Waals surface area contributed by atoms with Gasteiger partial charge < -0.3 is 15.1 Å². The minimum atomic E-state index is -3.19. The molecule has 0 bridgehead atoms. The van der Waals surface area contributed by atoms with Crippen LogP contribution in [-0.4, -0.2) is 68.1 Å². The van der Waals surface area contributed by atoms with Gasteiger partial charge in [0.2, 0.25) is 5.91 Å². The highest BCUT2D eigenvalue weighted by Gasteiger charge is 2.50. The number of sulfone groups is 1. The molecule has 0 atom stereocenters. The zero-order valence-corrected chi connectivity index (χ0v) is 17.0. The van der Waals surface area contributed by atoms with Crippen molar-refractivity contribution in [2.45, 2.75) is 42.5 Å². The molecule has 0 aromatic heterocycles. The first-order valence-electron chi connectivity index (χ1n) is 9.88. The average molecular weight is 406 g/mol. The van der Waals surface area contributed by atoms with E-state index < -0.39 is 9.84 Å². The molecule has 3 amide bonds. The lowest BCUT2D eigenvalue weighted by molar-refractivity contribution is -0.120. The van der Waals surface area contributed by atoms with Gasteiger partial charge >= 0.3 is 6.03 Å². The first kappa shape index (κ1) is 19.2. The maximum absolute atomic E-state index is 12.7. The molecule has 4 rings (SSSR count). The molecule has 152 valence electrons. The number of piperidine rings is 1. The molecule has 3 saturated heterocycles. The standard InChI is InChI=1S/C20H27N3O4S/c1-28(26,27)17-4-2-3-16(12-17)11-15-6-9-22(10-7-15)19(25)23-13-20(14-23)8-5-18(24)21-20/h2-4,12,15H,5-11,13-14H2,1H3,(H,21,24). The fraction of sp³-hybridized carbons (Fsp3) is 0.600. The molecule has 8 heteroatoms. The largest absolute Gasteiger partial charge is 0.347 e. The Balaban J connectivity index is 1.27. The summed E-state index contributed by atoms with van der Waals surface area (Å²) in [7, 11) is -3.19. The Labute approximate surface area is 166 Å². The molecule has 3 aliphatic rings. The zero-order chi connectivity index (χ0) is 19.9. The molecule has 7 nitrogen and oxygen atoms in total. The number of carbonyl (C=O) groups excluding carboxylic acids is 2. The van der Waals surface area contributed by atoms with Crippen LogP contribution in [0.1, 0.15) is 31.2 Å².